The number of nitrogens with one attached hydrogen (secondary N) is 1. The van der Waals surface area contributed by atoms with Crippen molar-refractivity contribution in [3.63, 3.8) is 0 Å². The Balaban J connectivity index is 1.62. The van der Waals surface area contributed by atoms with E-state index >= 15 is 0 Å². The lowest BCUT2D eigenvalue weighted by molar-refractivity contribution is 0.0130. The maximum atomic E-state index is 5.56. The van der Waals surface area contributed by atoms with Crippen LogP contribution in [-0.2, 0) is 11.3 Å². The maximum absolute atomic E-state index is 5.56. The summed E-state index contributed by atoms with van der Waals surface area (Å²) in [5.74, 6) is 0. The normalized spacial score (nSPS) is 24.5. The van der Waals surface area contributed by atoms with Crippen molar-refractivity contribution >= 4 is 21.6 Å². The maximum Gasteiger partial charge on any atom is 0.108 e. The number of aromatic nitrogens is 1. The fraction of sp³-hybridized carbons (Fsp3) is 0.500. The zero-order valence-electron chi connectivity index (χ0n) is 10.6. The van der Waals surface area contributed by atoms with Crippen LogP contribution >= 0.6 is 11.3 Å². The van der Waals surface area contributed by atoms with Gasteiger partial charge in [0.2, 0.25) is 0 Å². The predicted octanol–water partition coefficient (Wildman–Crippen LogP) is 2.95. The molecule has 2 unspecified atom stereocenters. The highest BCUT2D eigenvalue weighted by atomic mass is 32.1. The van der Waals surface area contributed by atoms with Gasteiger partial charge in [0.1, 0.15) is 5.01 Å². The van der Waals surface area contributed by atoms with E-state index in [2.05, 4.69) is 35.4 Å². The number of hydrogen-bond donors (Lipinski definition) is 1. The number of fused-ring (bicyclic) bond motifs is 1. The molecule has 2 heterocycles. The minimum absolute atomic E-state index is 0.381. The lowest BCUT2D eigenvalue weighted by atomic mass is 10.0. The van der Waals surface area contributed by atoms with E-state index in [1.165, 1.54) is 9.71 Å². The van der Waals surface area contributed by atoms with E-state index in [1.807, 2.05) is 6.07 Å². The van der Waals surface area contributed by atoms with Crippen LogP contribution in [0.3, 0.4) is 0 Å². The van der Waals surface area contributed by atoms with E-state index in [1.54, 1.807) is 11.3 Å². The first-order valence-electron chi connectivity index (χ1n) is 6.51. The zero-order chi connectivity index (χ0) is 12.4. The quantitative estimate of drug-likeness (QED) is 0.923. The molecule has 3 rings (SSSR count). The lowest BCUT2D eigenvalue weighted by Crippen LogP contribution is -2.37. The van der Waals surface area contributed by atoms with E-state index in [4.69, 9.17) is 4.74 Å². The largest absolute Gasteiger partial charge is 0.378 e. The third-order valence-electron chi connectivity index (χ3n) is 3.37. The van der Waals surface area contributed by atoms with Crippen LogP contribution in [0.2, 0.25) is 0 Å². The number of rotatable bonds is 3. The van der Waals surface area contributed by atoms with Crippen LogP contribution in [0.15, 0.2) is 24.3 Å². The minimum Gasteiger partial charge on any atom is -0.378 e. The first-order valence-corrected chi connectivity index (χ1v) is 7.32. The molecule has 2 atom stereocenters. The van der Waals surface area contributed by atoms with Crippen molar-refractivity contribution in [2.45, 2.75) is 38.5 Å². The van der Waals surface area contributed by atoms with E-state index in [0.29, 0.717) is 12.1 Å². The molecule has 3 nitrogen and oxygen atoms in total. The average Bonchev–Trinajstić information content (AvgIpc) is 2.79. The third-order valence-corrected chi connectivity index (χ3v) is 4.40. The standard InChI is InChI=1S/C14H18N2OS/c1-10-8-11(6-7-17-10)15-9-14-16-12-4-2-3-5-13(12)18-14/h2-5,10-11,15H,6-9H2,1H3. The lowest BCUT2D eigenvalue weighted by Gasteiger charge is -2.27. The van der Waals surface area contributed by atoms with Gasteiger partial charge in [-0.05, 0) is 31.9 Å². The van der Waals surface area contributed by atoms with Gasteiger partial charge in [0.15, 0.2) is 0 Å². The highest BCUT2D eigenvalue weighted by molar-refractivity contribution is 7.18. The molecular weight excluding hydrogens is 244 g/mol. The number of thiazole rings is 1. The summed E-state index contributed by atoms with van der Waals surface area (Å²) >= 11 is 1.78. The summed E-state index contributed by atoms with van der Waals surface area (Å²) in [6, 6.07) is 8.89. The van der Waals surface area contributed by atoms with Crippen molar-refractivity contribution in [2.75, 3.05) is 6.61 Å². The smallest absolute Gasteiger partial charge is 0.108 e. The minimum atomic E-state index is 0.381. The Hall–Kier alpha value is -0.970. The third kappa shape index (κ3) is 2.71. The van der Waals surface area contributed by atoms with Crippen LogP contribution in [0.25, 0.3) is 10.2 Å². The van der Waals surface area contributed by atoms with Crippen LogP contribution in [-0.4, -0.2) is 23.7 Å². The molecule has 1 saturated heterocycles. The number of nitrogens with zero attached hydrogens (tertiary/aromatic N) is 1. The molecule has 4 heteroatoms. The summed E-state index contributed by atoms with van der Waals surface area (Å²) in [6.45, 7) is 3.89. The van der Waals surface area contributed by atoms with Gasteiger partial charge in [0.25, 0.3) is 0 Å². The van der Waals surface area contributed by atoms with E-state index in [9.17, 15) is 0 Å². The molecule has 0 aliphatic carbocycles. The van der Waals surface area contributed by atoms with Crippen LogP contribution in [0.4, 0.5) is 0 Å². The summed E-state index contributed by atoms with van der Waals surface area (Å²) in [6.07, 6.45) is 2.59. The second-order valence-electron chi connectivity index (χ2n) is 4.86. The van der Waals surface area contributed by atoms with E-state index in [0.717, 1.165) is 31.5 Å². The predicted molar refractivity (Wildman–Crippen MR) is 74.9 cm³/mol. The zero-order valence-corrected chi connectivity index (χ0v) is 11.4. The highest BCUT2D eigenvalue weighted by Crippen LogP contribution is 2.22. The van der Waals surface area contributed by atoms with E-state index in [-0.39, 0.29) is 0 Å². The first kappa shape index (κ1) is 12.1. The summed E-state index contributed by atoms with van der Waals surface area (Å²) in [7, 11) is 0. The second kappa shape index (κ2) is 5.34. The van der Waals surface area contributed by atoms with Crippen molar-refractivity contribution in [1.82, 2.24) is 10.3 Å². The molecule has 96 valence electrons. The molecule has 1 aliphatic rings. The Kier molecular flexibility index (Phi) is 3.59. The molecule has 2 aromatic rings. The molecule has 1 aromatic carbocycles. The SMILES string of the molecule is CC1CC(NCc2nc3ccccc3s2)CCO1. The molecule has 1 N–H and O–H groups in total. The second-order valence-corrected chi connectivity index (χ2v) is 5.97. The van der Waals surface area contributed by atoms with Gasteiger partial charge in [-0.2, -0.15) is 0 Å². The van der Waals surface area contributed by atoms with Crippen molar-refractivity contribution < 1.29 is 4.74 Å². The Labute approximate surface area is 111 Å². The molecule has 0 amide bonds. The van der Waals surface area contributed by atoms with E-state index < -0.39 is 0 Å². The Morgan fingerprint density at radius 2 is 2.33 bits per heavy atom. The van der Waals surface area contributed by atoms with Crippen molar-refractivity contribution in [1.29, 1.82) is 0 Å². The molecule has 1 fully saturated rings. The van der Waals surface area contributed by atoms with Gasteiger partial charge in [-0.3, -0.25) is 0 Å². The monoisotopic (exact) mass is 262 g/mol. The average molecular weight is 262 g/mol. The van der Waals surface area contributed by atoms with Crippen molar-refractivity contribution in [3.05, 3.63) is 29.3 Å². The molecule has 18 heavy (non-hydrogen) atoms. The number of para-hydroxylation sites is 1. The van der Waals surface area contributed by atoms with Crippen LogP contribution in [0.1, 0.15) is 24.8 Å². The topological polar surface area (TPSA) is 34.2 Å². The van der Waals surface area contributed by atoms with Crippen molar-refractivity contribution in [3.8, 4) is 0 Å². The molecule has 0 saturated carbocycles. The summed E-state index contributed by atoms with van der Waals surface area (Å²) in [5.41, 5.74) is 1.11. The van der Waals surface area contributed by atoms with Gasteiger partial charge in [0, 0.05) is 19.2 Å². The molecule has 1 aromatic heterocycles. The van der Waals surface area contributed by atoms with Gasteiger partial charge >= 0.3 is 0 Å². The van der Waals surface area contributed by atoms with Gasteiger partial charge in [-0.25, -0.2) is 4.98 Å². The fourth-order valence-corrected chi connectivity index (χ4v) is 3.33. The van der Waals surface area contributed by atoms with Crippen molar-refractivity contribution in [2.24, 2.45) is 0 Å². The van der Waals surface area contributed by atoms with Gasteiger partial charge in [-0.15, -0.1) is 11.3 Å². The first-order chi connectivity index (χ1) is 8.81. The fourth-order valence-electron chi connectivity index (χ4n) is 2.41. The molecule has 0 bridgehead atoms. The van der Waals surface area contributed by atoms with Gasteiger partial charge in [-0.1, -0.05) is 12.1 Å². The number of hydrogen-bond acceptors (Lipinski definition) is 4. The summed E-state index contributed by atoms with van der Waals surface area (Å²) in [4.78, 5) is 4.64. The highest BCUT2D eigenvalue weighted by Gasteiger charge is 2.18. The number of ether oxygens (including phenoxy) is 1. The molecular formula is C14H18N2OS. The Morgan fingerprint density at radius 3 is 3.17 bits per heavy atom. The van der Waals surface area contributed by atoms with Gasteiger partial charge in [0.05, 0.1) is 16.3 Å². The molecule has 0 radical (unpaired) electrons. The van der Waals surface area contributed by atoms with Crippen LogP contribution in [0, 0.1) is 0 Å². The molecule has 0 spiro atoms. The number of benzene rings is 1. The van der Waals surface area contributed by atoms with Crippen LogP contribution in [0.5, 0.6) is 0 Å². The Morgan fingerprint density at radius 1 is 1.44 bits per heavy atom. The summed E-state index contributed by atoms with van der Waals surface area (Å²) in [5, 5.41) is 4.77. The summed E-state index contributed by atoms with van der Waals surface area (Å²) < 4.78 is 6.83. The molecule has 1 aliphatic heterocycles. The Bertz CT molecular complexity index is 492. The van der Waals surface area contributed by atoms with Gasteiger partial charge < -0.3 is 10.1 Å². The van der Waals surface area contributed by atoms with Crippen LogP contribution < -0.4 is 5.32 Å².